The number of carbonyl (C=O) groups is 2. The first-order chi connectivity index (χ1) is 15.6. The number of carbonyl (C=O) groups excluding carboxylic acids is 1. The maximum Gasteiger partial charge on any atom is 0.323 e. The van der Waals surface area contributed by atoms with Crippen molar-refractivity contribution in [3.8, 4) is 0 Å². The molecular weight excluding hydrogens is 450 g/mol. The number of nitrogens with two attached hydrogens (primary N) is 1. The first-order valence-electron chi connectivity index (χ1n) is 9.77. The van der Waals surface area contributed by atoms with Crippen LogP contribution in [0.3, 0.4) is 0 Å². The maximum absolute atomic E-state index is 12.4. The number of carboxylic acids is 1. The van der Waals surface area contributed by atoms with Crippen LogP contribution in [0.1, 0.15) is 23.1 Å². The van der Waals surface area contributed by atoms with Crippen LogP contribution in [-0.2, 0) is 24.4 Å². The molecule has 2 aromatic carbocycles. The van der Waals surface area contributed by atoms with Gasteiger partial charge in [0.25, 0.3) is 0 Å². The van der Waals surface area contributed by atoms with E-state index >= 15 is 0 Å². The molecular formula is C21H25N5O6S. The minimum absolute atomic E-state index is 0.0474. The molecule has 33 heavy (non-hydrogen) atoms. The lowest BCUT2D eigenvalue weighted by Crippen LogP contribution is -2.48. The van der Waals surface area contributed by atoms with Gasteiger partial charge in [-0.1, -0.05) is 41.6 Å². The third kappa shape index (κ3) is 8.35. The van der Waals surface area contributed by atoms with Crippen LogP contribution in [0.2, 0.25) is 0 Å². The Morgan fingerprint density at radius 1 is 1.24 bits per heavy atom. The summed E-state index contributed by atoms with van der Waals surface area (Å²) >= 11 is 0. The van der Waals surface area contributed by atoms with Gasteiger partial charge in [0.2, 0.25) is 15.9 Å². The third-order valence-electron chi connectivity index (χ3n) is 4.32. The van der Waals surface area contributed by atoms with E-state index in [1.807, 2.05) is 0 Å². The highest BCUT2D eigenvalue weighted by atomic mass is 32.2. The normalized spacial score (nSPS) is 12.3. The SMILES string of the molecule is Cc1cccc(S(=O)(=O)NC(CNC(=O)CCO/N=C/c2ccc(C(=N)N)cc2)C(=O)O)c1. The van der Waals surface area contributed by atoms with Crippen LogP contribution in [-0.4, -0.2) is 56.6 Å². The van der Waals surface area contributed by atoms with E-state index in [0.29, 0.717) is 16.7 Å². The number of amides is 1. The van der Waals surface area contributed by atoms with E-state index in [2.05, 4.69) is 15.2 Å². The maximum atomic E-state index is 12.4. The standard InChI is InChI=1S/C21H25N5O6S/c1-14-3-2-4-17(11-14)33(30,31)26-18(21(28)29)13-24-19(27)9-10-32-25-12-15-5-7-16(8-6-15)20(22)23/h2-8,11-12,18,26H,9-10,13H2,1H3,(H3,22,23)(H,24,27)(H,28,29)/b25-12+. The molecule has 11 nitrogen and oxygen atoms in total. The van der Waals surface area contributed by atoms with E-state index in [4.69, 9.17) is 16.0 Å². The minimum atomic E-state index is -4.08. The molecule has 0 aliphatic rings. The van der Waals surface area contributed by atoms with E-state index in [1.54, 1.807) is 43.3 Å². The van der Waals surface area contributed by atoms with E-state index in [-0.39, 0.29) is 23.8 Å². The van der Waals surface area contributed by atoms with Crippen molar-refractivity contribution in [3.63, 3.8) is 0 Å². The molecule has 2 rings (SSSR count). The molecule has 0 aromatic heterocycles. The summed E-state index contributed by atoms with van der Waals surface area (Å²) < 4.78 is 26.9. The second kappa shape index (κ2) is 11.7. The summed E-state index contributed by atoms with van der Waals surface area (Å²) in [6, 6.07) is 11.2. The van der Waals surface area contributed by atoms with Gasteiger partial charge in [0.1, 0.15) is 18.5 Å². The lowest BCUT2D eigenvalue weighted by Gasteiger charge is -2.15. The Labute approximate surface area is 191 Å². The molecule has 0 aliphatic carbocycles. The average molecular weight is 476 g/mol. The van der Waals surface area contributed by atoms with Crippen molar-refractivity contribution in [2.24, 2.45) is 10.9 Å². The summed E-state index contributed by atoms with van der Waals surface area (Å²) in [7, 11) is -4.08. The molecule has 12 heteroatoms. The van der Waals surface area contributed by atoms with Gasteiger partial charge in [0.15, 0.2) is 0 Å². The fourth-order valence-corrected chi connectivity index (χ4v) is 3.85. The van der Waals surface area contributed by atoms with Crippen LogP contribution >= 0.6 is 0 Å². The van der Waals surface area contributed by atoms with Crippen LogP contribution in [0.5, 0.6) is 0 Å². The molecule has 176 valence electrons. The van der Waals surface area contributed by atoms with Crippen LogP contribution in [0.4, 0.5) is 0 Å². The summed E-state index contributed by atoms with van der Waals surface area (Å²) in [6.45, 7) is 1.20. The lowest BCUT2D eigenvalue weighted by atomic mass is 10.1. The Morgan fingerprint density at radius 2 is 1.94 bits per heavy atom. The zero-order chi connectivity index (χ0) is 24.4. The number of oxime groups is 1. The fourth-order valence-electron chi connectivity index (χ4n) is 2.56. The van der Waals surface area contributed by atoms with Gasteiger partial charge in [0.05, 0.1) is 17.5 Å². The Morgan fingerprint density at radius 3 is 2.55 bits per heavy atom. The second-order valence-electron chi connectivity index (χ2n) is 6.99. The molecule has 0 aliphatic heterocycles. The zero-order valence-electron chi connectivity index (χ0n) is 17.8. The number of carboxylic acid groups (broad SMARTS) is 1. The molecule has 0 bridgehead atoms. The Kier molecular flexibility index (Phi) is 9.07. The smallest absolute Gasteiger partial charge is 0.323 e. The zero-order valence-corrected chi connectivity index (χ0v) is 18.6. The van der Waals surface area contributed by atoms with Gasteiger partial charge in [0, 0.05) is 12.1 Å². The molecule has 0 radical (unpaired) electrons. The molecule has 0 heterocycles. The first kappa shape index (κ1) is 25.5. The van der Waals surface area contributed by atoms with Crippen molar-refractivity contribution in [1.29, 1.82) is 5.41 Å². The fraction of sp³-hybridized carbons (Fsp3) is 0.238. The molecule has 1 unspecified atom stereocenters. The number of rotatable bonds is 12. The number of nitrogen functional groups attached to an aromatic ring is 1. The molecule has 0 spiro atoms. The summed E-state index contributed by atoms with van der Waals surface area (Å²) in [5, 5.41) is 22.7. The van der Waals surface area contributed by atoms with Gasteiger partial charge in [-0.3, -0.25) is 15.0 Å². The van der Waals surface area contributed by atoms with Gasteiger partial charge in [-0.05, 0) is 30.2 Å². The number of amidine groups is 1. The van der Waals surface area contributed by atoms with Crippen LogP contribution in [0, 0.1) is 12.3 Å². The van der Waals surface area contributed by atoms with Gasteiger partial charge >= 0.3 is 5.97 Å². The molecule has 6 N–H and O–H groups in total. The highest BCUT2D eigenvalue weighted by Crippen LogP contribution is 2.11. The van der Waals surface area contributed by atoms with E-state index in [0.717, 1.165) is 0 Å². The van der Waals surface area contributed by atoms with Gasteiger partial charge < -0.3 is 21.0 Å². The highest BCUT2D eigenvalue weighted by molar-refractivity contribution is 7.89. The quantitative estimate of drug-likeness (QED) is 0.128. The summed E-state index contributed by atoms with van der Waals surface area (Å²) in [5.41, 5.74) is 7.36. The summed E-state index contributed by atoms with van der Waals surface area (Å²) in [6.07, 6.45) is 1.31. The number of aryl methyl sites for hydroxylation is 1. The number of hydrogen-bond donors (Lipinski definition) is 5. The van der Waals surface area contributed by atoms with Crippen molar-refractivity contribution in [2.75, 3.05) is 13.2 Å². The topological polar surface area (TPSA) is 184 Å². The molecule has 0 saturated carbocycles. The largest absolute Gasteiger partial charge is 0.480 e. The molecule has 0 fully saturated rings. The first-order valence-corrected chi connectivity index (χ1v) is 11.2. The Hall–Kier alpha value is -3.77. The third-order valence-corrected chi connectivity index (χ3v) is 5.79. The lowest BCUT2D eigenvalue weighted by molar-refractivity contribution is -0.138. The average Bonchev–Trinajstić information content (AvgIpc) is 2.76. The number of hydrogen-bond acceptors (Lipinski definition) is 7. The molecule has 2 aromatic rings. The molecule has 1 amide bonds. The van der Waals surface area contributed by atoms with Crippen molar-refractivity contribution in [2.45, 2.75) is 24.3 Å². The van der Waals surface area contributed by atoms with Crippen molar-refractivity contribution >= 4 is 33.9 Å². The molecule has 1 atom stereocenters. The summed E-state index contributed by atoms with van der Waals surface area (Å²) in [4.78, 5) is 28.3. The number of aliphatic carboxylic acids is 1. The molecule has 0 saturated heterocycles. The minimum Gasteiger partial charge on any atom is -0.480 e. The Bertz CT molecular complexity index is 1130. The summed E-state index contributed by atoms with van der Waals surface area (Å²) in [5.74, 6) is -2.01. The van der Waals surface area contributed by atoms with Gasteiger partial charge in [-0.15, -0.1) is 0 Å². The van der Waals surface area contributed by atoms with Crippen molar-refractivity contribution in [3.05, 3.63) is 65.2 Å². The predicted molar refractivity (Wildman–Crippen MR) is 122 cm³/mol. The predicted octanol–water partition coefficient (Wildman–Crippen LogP) is 0.568. The van der Waals surface area contributed by atoms with Gasteiger partial charge in [-0.2, -0.15) is 4.72 Å². The number of sulfonamides is 1. The van der Waals surface area contributed by atoms with Crippen LogP contribution in [0.15, 0.2) is 58.6 Å². The van der Waals surface area contributed by atoms with Crippen LogP contribution < -0.4 is 15.8 Å². The Balaban J connectivity index is 1.79. The second-order valence-corrected chi connectivity index (χ2v) is 8.70. The van der Waals surface area contributed by atoms with Crippen LogP contribution in [0.25, 0.3) is 0 Å². The number of nitrogens with one attached hydrogen (secondary N) is 3. The monoisotopic (exact) mass is 475 g/mol. The number of benzene rings is 2. The number of nitrogens with zero attached hydrogens (tertiary/aromatic N) is 1. The van der Waals surface area contributed by atoms with Crippen molar-refractivity contribution < 1.29 is 28.0 Å². The van der Waals surface area contributed by atoms with E-state index in [9.17, 15) is 23.1 Å². The van der Waals surface area contributed by atoms with E-state index < -0.39 is 34.5 Å². The van der Waals surface area contributed by atoms with Gasteiger partial charge in [-0.25, -0.2) is 8.42 Å². The van der Waals surface area contributed by atoms with Crippen molar-refractivity contribution in [1.82, 2.24) is 10.0 Å². The highest BCUT2D eigenvalue weighted by Gasteiger charge is 2.26. The van der Waals surface area contributed by atoms with E-state index in [1.165, 1.54) is 18.3 Å².